The largest absolute Gasteiger partial charge is 0.358 e. The summed E-state index contributed by atoms with van der Waals surface area (Å²) >= 11 is 6.13. The fourth-order valence-electron chi connectivity index (χ4n) is 3.69. The second-order valence-corrected chi connectivity index (χ2v) is 7.65. The zero-order valence-electron chi connectivity index (χ0n) is 17.2. The number of anilines is 1. The number of halogens is 3. The van der Waals surface area contributed by atoms with E-state index < -0.39 is 23.2 Å². The lowest BCUT2D eigenvalue weighted by Gasteiger charge is -2.22. The molecule has 0 bridgehead atoms. The Labute approximate surface area is 190 Å². The third-order valence-electron chi connectivity index (χ3n) is 5.29. The minimum Gasteiger partial charge on any atom is -0.358 e. The van der Waals surface area contributed by atoms with E-state index in [2.05, 4.69) is 30.2 Å². The second-order valence-electron chi connectivity index (χ2n) is 7.27. The molecule has 1 atom stereocenters. The molecule has 0 aliphatic rings. The Kier molecular flexibility index (Phi) is 5.21. The van der Waals surface area contributed by atoms with Gasteiger partial charge < -0.3 is 10.3 Å². The van der Waals surface area contributed by atoms with Crippen molar-refractivity contribution in [2.45, 2.75) is 19.4 Å². The maximum Gasteiger partial charge on any atom is 0.267 e. The number of hydrogen-bond acceptors (Lipinski definition) is 6. The summed E-state index contributed by atoms with van der Waals surface area (Å²) in [5.74, 6) is -0.384. The van der Waals surface area contributed by atoms with Crippen LogP contribution in [0.25, 0.3) is 27.8 Å². The van der Waals surface area contributed by atoms with Gasteiger partial charge >= 0.3 is 0 Å². The van der Waals surface area contributed by atoms with Crippen molar-refractivity contribution in [2.75, 3.05) is 5.32 Å². The van der Waals surface area contributed by atoms with Crippen LogP contribution in [0, 0.1) is 11.6 Å². The number of fused-ring (bicyclic) bond motifs is 2. The summed E-state index contributed by atoms with van der Waals surface area (Å²) in [5.41, 5.74) is 1.11. The van der Waals surface area contributed by atoms with Crippen LogP contribution in [0.1, 0.15) is 25.2 Å². The van der Waals surface area contributed by atoms with Gasteiger partial charge in [-0.05, 0) is 42.8 Å². The number of imidazole rings is 1. The van der Waals surface area contributed by atoms with Gasteiger partial charge in [0, 0.05) is 0 Å². The van der Waals surface area contributed by atoms with E-state index in [1.54, 1.807) is 0 Å². The molecule has 0 aliphatic heterocycles. The van der Waals surface area contributed by atoms with Crippen molar-refractivity contribution >= 4 is 39.5 Å². The van der Waals surface area contributed by atoms with Crippen LogP contribution in [0.4, 0.5) is 14.6 Å². The van der Waals surface area contributed by atoms with Gasteiger partial charge in [-0.15, -0.1) is 0 Å². The smallest absolute Gasteiger partial charge is 0.267 e. The number of aromatic amines is 1. The summed E-state index contributed by atoms with van der Waals surface area (Å²) in [5, 5.41) is 2.91. The van der Waals surface area contributed by atoms with Gasteiger partial charge in [0.25, 0.3) is 5.56 Å². The lowest BCUT2D eigenvalue weighted by Crippen LogP contribution is -2.28. The Bertz CT molecular complexity index is 1550. The Morgan fingerprint density at radius 2 is 1.91 bits per heavy atom. The second kappa shape index (κ2) is 8.21. The molecule has 3 aromatic heterocycles. The first kappa shape index (κ1) is 21.0. The molecule has 0 aliphatic carbocycles. The molecule has 2 aromatic carbocycles. The Hall–Kier alpha value is -3.92. The fourth-order valence-corrected chi connectivity index (χ4v) is 3.93. The lowest BCUT2D eigenvalue weighted by molar-refractivity contribution is 0.624. The van der Waals surface area contributed by atoms with Crippen LogP contribution < -0.4 is 10.9 Å². The molecule has 1 unspecified atom stereocenters. The monoisotopic (exact) mass is 467 g/mol. The molecule has 0 fully saturated rings. The lowest BCUT2D eigenvalue weighted by atomic mass is 10.1. The molecule has 33 heavy (non-hydrogen) atoms. The highest BCUT2D eigenvalue weighted by molar-refractivity contribution is 6.35. The quantitative estimate of drug-likeness (QED) is 0.393. The number of nitrogens with zero attached hydrogens (tertiary/aromatic N) is 5. The minimum absolute atomic E-state index is 0.0578. The number of H-pyrrole nitrogens is 1. The van der Waals surface area contributed by atoms with Gasteiger partial charge in [-0.1, -0.05) is 18.5 Å². The van der Waals surface area contributed by atoms with Crippen molar-refractivity contribution in [3.05, 3.63) is 81.9 Å². The van der Waals surface area contributed by atoms with Gasteiger partial charge in [-0.3, -0.25) is 9.36 Å². The van der Waals surface area contributed by atoms with Crippen LogP contribution in [0.2, 0.25) is 5.02 Å². The molecule has 5 aromatic rings. The number of benzene rings is 2. The van der Waals surface area contributed by atoms with E-state index in [-0.39, 0.29) is 15.9 Å². The van der Waals surface area contributed by atoms with Crippen LogP contribution in [0.3, 0.4) is 0 Å². The highest BCUT2D eigenvalue weighted by Gasteiger charge is 2.23. The van der Waals surface area contributed by atoms with Gasteiger partial charge in [-0.2, -0.15) is 0 Å². The highest BCUT2D eigenvalue weighted by Crippen LogP contribution is 2.28. The summed E-state index contributed by atoms with van der Waals surface area (Å²) in [4.78, 5) is 33.7. The molecule has 2 N–H and O–H groups in total. The Balaban J connectivity index is 1.75. The third kappa shape index (κ3) is 3.58. The van der Waals surface area contributed by atoms with E-state index in [4.69, 9.17) is 11.6 Å². The van der Waals surface area contributed by atoms with Gasteiger partial charge in [0.05, 0.1) is 34.0 Å². The zero-order valence-corrected chi connectivity index (χ0v) is 17.9. The van der Waals surface area contributed by atoms with Gasteiger partial charge in [-0.25, -0.2) is 28.7 Å². The molecule has 8 nitrogen and oxygen atoms in total. The molecule has 166 valence electrons. The number of rotatable bonds is 5. The van der Waals surface area contributed by atoms with Gasteiger partial charge in [0.15, 0.2) is 11.5 Å². The number of aromatic nitrogens is 6. The Morgan fingerprint density at radius 3 is 2.67 bits per heavy atom. The van der Waals surface area contributed by atoms with Crippen molar-refractivity contribution in [3.8, 4) is 5.69 Å². The first-order valence-electron chi connectivity index (χ1n) is 10.0. The highest BCUT2D eigenvalue weighted by atomic mass is 35.5. The maximum atomic E-state index is 14.2. The Morgan fingerprint density at radius 1 is 1.12 bits per heavy atom. The molecular formula is C22H16ClF2N7O. The summed E-state index contributed by atoms with van der Waals surface area (Å²) < 4.78 is 29.1. The maximum absolute atomic E-state index is 14.2. The van der Waals surface area contributed by atoms with E-state index in [9.17, 15) is 13.6 Å². The van der Waals surface area contributed by atoms with E-state index >= 15 is 0 Å². The van der Waals surface area contributed by atoms with Crippen LogP contribution >= 0.6 is 11.6 Å². The van der Waals surface area contributed by atoms with Crippen LogP contribution in [-0.4, -0.2) is 29.5 Å². The van der Waals surface area contributed by atoms with E-state index in [0.29, 0.717) is 34.9 Å². The minimum atomic E-state index is -0.728. The molecule has 5 rings (SSSR count). The van der Waals surface area contributed by atoms with E-state index in [1.165, 1.54) is 47.6 Å². The summed E-state index contributed by atoms with van der Waals surface area (Å²) in [6.07, 6.45) is 3.39. The topological polar surface area (TPSA) is 101 Å². The summed E-state index contributed by atoms with van der Waals surface area (Å²) in [6.45, 7) is 1.91. The van der Waals surface area contributed by atoms with Crippen LogP contribution in [0.5, 0.6) is 0 Å². The van der Waals surface area contributed by atoms with Crippen molar-refractivity contribution < 1.29 is 8.78 Å². The number of hydrogen-bond donors (Lipinski definition) is 2. The normalized spacial score (nSPS) is 12.4. The van der Waals surface area contributed by atoms with E-state index in [1.807, 2.05) is 6.92 Å². The number of nitrogens with one attached hydrogen (secondary N) is 2. The molecule has 11 heteroatoms. The first-order chi connectivity index (χ1) is 16.0. The van der Waals surface area contributed by atoms with Crippen molar-refractivity contribution in [1.29, 1.82) is 0 Å². The molecule has 0 radical (unpaired) electrons. The van der Waals surface area contributed by atoms with Crippen molar-refractivity contribution in [2.24, 2.45) is 0 Å². The molecular weight excluding hydrogens is 452 g/mol. The average Bonchev–Trinajstić information content (AvgIpc) is 3.30. The fraction of sp³-hybridized carbons (Fsp3) is 0.136. The third-order valence-corrected chi connectivity index (χ3v) is 5.66. The molecule has 0 saturated carbocycles. The van der Waals surface area contributed by atoms with Crippen LogP contribution in [-0.2, 0) is 0 Å². The standard InChI is InChI=1S/C22H16ClF2N7O/c1-2-14(30-20-18-19(27-9-26-18)28-10-29-20)21-31-15-8-7-13(25)17(23)16(15)22(33)32(21)12-5-3-11(24)4-6-12/h3-10,14H,2H2,1H3,(H2,26,27,28,29,30). The zero-order chi connectivity index (χ0) is 23.1. The average molecular weight is 468 g/mol. The van der Waals surface area contributed by atoms with E-state index in [0.717, 1.165) is 6.07 Å². The summed E-state index contributed by atoms with van der Waals surface area (Å²) in [6, 6.07) is 7.43. The molecule has 0 saturated heterocycles. The van der Waals surface area contributed by atoms with Crippen molar-refractivity contribution in [1.82, 2.24) is 29.5 Å². The molecule has 3 heterocycles. The summed E-state index contributed by atoms with van der Waals surface area (Å²) in [7, 11) is 0. The predicted octanol–water partition coefficient (Wildman–Crippen LogP) is 4.55. The predicted molar refractivity (Wildman–Crippen MR) is 121 cm³/mol. The van der Waals surface area contributed by atoms with Crippen molar-refractivity contribution in [3.63, 3.8) is 0 Å². The SMILES string of the molecule is CCC(Nc1ncnc2nc[nH]c12)c1nc2ccc(F)c(Cl)c2c(=O)n1-c1ccc(F)cc1. The van der Waals surface area contributed by atoms with Gasteiger partial charge in [0.2, 0.25) is 0 Å². The molecule has 0 spiro atoms. The molecule has 0 amide bonds. The van der Waals surface area contributed by atoms with Gasteiger partial charge in [0.1, 0.15) is 29.3 Å². The first-order valence-corrected chi connectivity index (χ1v) is 10.4. The van der Waals surface area contributed by atoms with Crippen LogP contribution in [0.15, 0.2) is 53.8 Å².